The van der Waals surface area contributed by atoms with E-state index in [-0.39, 0.29) is 36.4 Å². The first-order valence-electron chi connectivity index (χ1n) is 9.08. The van der Waals surface area contributed by atoms with Crippen LogP contribution in [0.2, 0.25) is 5.02 Å². The summed E-state index contributed by atoms with van der Waals surface area (Å²) in [6.07, 6.45) is 4.09. The smallest absolute Gasteiger partial charge is 0.227 e. The molecule has 3 atom stereocenters. The zero-order chi connectivity index (χ0) is 17.6. The highest BCUT2D eigenvalue weighted by molar-refractivity contribution is 6.31. The van der Waals surface area contributed by atoms with Gasteiger partial charge in [0.1, 0.15) is 13.2 Å². The van der Waals surface area contributed by atoms with Gasteiger partial charge in [0.2, 0.25) is 5.91 Å². The van der Waals surface area contributed by atoms with E-state index in [4.69, 9.17) is 21.1 Å². The van der Waals surface area contributed by atoms with Gasteiger partial charge in [-0.1, -0.05) is 18.5 Å². The summed E-state index contributed by atoms with van der Waals surface area (Å²) < 4.78 is 11.1. The van der Waals surface area contributed by atoms with Gasteiger partial charge in [-0.15, -0.1) is 0 Å². The Bertz CT molecular complexity index is 688. The lowest BCUT2D eigenvalue weighted by Gasteiger charge is -2.34. The first-order valence-corrected chi connectivity index (χ1v) is 9.46. The van der Waals surface area contributed by atoms with E-state index in [9.17, 15) is 9.90 Å². The molecule has 1 aromatic carbocycles. The summed E-state index contributed by atoms with van der Waals surface area (Å²) in [7, 11) is 0. The van der Waals surface area contributed by atoms with Gasteiger partial charge in [-0.05, 0) is 37.3 Å². The summed E-state index contributed by atoms with van der Waals surface area (Å²) in [5, 5.41) is 10.5. The molecular weight excluding hydrogens is 342 g/mol. The lowest BCUT2D eigenvalue weighted by molar-refractivity contribution is -0.132. The Labute approximate surface area is 152 Å². The minimum atomic E-state index is -0.130. The average Bonchev–Trinajstić information content (AvgIpc) is 3.18. The van der Waals surface area contributed by atoms with Gasteiger partial charge in [0, 0.05) is 28.6 Å². The van der Waals surface area contributed by atoms with E-state index < -0.39 is 0 Å². The van der Waals surface area contributed by atoms with Crippen LogP contribution in [0.3, 0.4) is 0 Å². The molecule has 2 bridgehead atoms. The van der Waals surface area contributed by atoms with Crippen LogP contribution in [0.4, 0.5) is 0 Å². The standard InChI is InChI=1S/C19H24ClNO4/c1-2-19(11-22)10-13-3-4-17(19)21(13)18(23)8-12-7-15-16(9-14(12)20)25-6-5-24-15/h7,9,13,17,22H,2-6,8,10-11H2,1H3/t13-,17+,19-/m0/s1. The predicted molar refractivity (Wildman–Crippen MR) is 94.2 cm³/mol. The second kappa shape index (κ2) is 6.36. The van der Waals surface area contributed by atoms with Crippen molar-refractivity contribution < 1.29 is 19.4 Å². The van der Waals surface area contributed by atoms with Crippen LogP contribution in [-0.2, 0) is 11.2 Å². The van der Waals surface area contributed by atoms with Gasteiger partial charge >= 0.3 is 0 Å². The number of nitrogens with zero attached hydrogens (tertiary/aromatic N) is 1. The lowest BCUT2D eigenvalue weighted by atomic mass is 9.72. The molecule has 4 rings (SSSR count). The Morgan fingerprint density at radius 3 is 2.68 bits per heavy atom. The van der Waals surface area contributed by atoms with E-state index in [1.807, 2.05) is 11.0 Å². The molecular formula is C19H24ClNO4. The van der Waals surface area contributed by atoms with Gasteiger partial charge < -0.3 is 19.5 Å². The van der Waals surface area contributed by atoms with Gasteiger partial charge in [0.25, 0.3) is 0 Å². The van der Waals surface area contributed by atoms with Crippen molar-refractivity contribution in [3.05, 3.63) is 22.7 Å². The van der Waals surface area contributed by atoms with Crippen molar-refractivity contribution in [2.24, 2.45) is 5.41 Å². The average molecular weight is 366 g/mol. The summed E-state index contributed by atoms with van der Waals surface area (Å²) in [4.78, 5) is 15.0. The first-order chi connectivity index (χ1) is 12.1. The Morgan fingerprint density at radius 1 is 1.32 bits per heavy atom. The fourth-order valence-electron chi connectivity index (χ4n) is 4.82. The zero-order valence-electron chi connectivity index (χ0n) is 14.5. The molecule has 0 aromatic heterocycles. The van der Waals surface area contributed by atoms with Gasteiger partial charge in [0.15, 0.2) is 11.5 Å². The van der Waals surface area contributed by atoms with Crippen LogP contribution < -0.4 is 9.47 Å². The molecule has 136 valence electrons. The van der Waals surface area contributed by atoms with Crippen LogP contribution in [0, 0.1) is 5.41 Å². The highest BCUT2D eigenvalue weighted by atomic mass is 35.5. The highest BCUT2D eigenvalue weighted by Crippen LogP contribution is 2.51. The second-order valence-corrected chi connectivity index (χ2v) is 7.80. The third-order valence-electron chi connectivity index (χ3n) is 6.21. The number of hydrogen-bond donors (Lipinski definition) is 1. The van der Waals surface area contributed by atoms with Gasteiger partial charge in [-0.25, -0.2) is 0 Å². The number of amides is 1. The topological polar surface area (TPSA) is 59.0 Å². The van der Waals surface area contributed by atoms with Crippen molar-refractivity contribution in [1.29, 1.82) is 0 Å². The Hall–Kier alpha value is -1.46. The molecule has 3 aliphatic rings. The van der Waals surface area contributed by atoms with Crippen LogP contribution in [0.5, 0.6) is 11.5 Å². The number of ether oxygens (including phenoxy) is 2. The number of benzene rings is 1. The Balaban J connectivity index is 1.55. The maximum Gasteiger partial charge on any atom is 0.227 e. The van der Waals surface area contributed by atoms with Crippen LogP contribution in [-0.4, -0.2) is 47.8 Å². The number of fused-ring (bicyclic) bond motifs is 3. The molecule has 1 amide bonds. The lowest BCUT2D eigenvalue weighted by Crippen LogP contribution is -2.42. The van der Waals surface area contributed by atoms with Crippen molar-refractivity contribution in [2.75, 3.05) is 19.8 Å². The summed E-state index contributed by atoms with van der Waals surface area (Å²) in [5.41, 5.74) is 0.642. The third kappa shape index (κ3) is 2.68. The van der Waals surface area contributed by atoms with E-state index in [0.29, 0.717) is 29.7 Å². The zero-order valence-corrected chi connectivity index (χ0v) is 15.2. The summed E-state index contributed by atoms with van der Waals surface area (Å²) >= 11 is 6.36. The molecule has 0 saturated carbocycles. The van der Waals surface area contributed by atoms with E-state index >= 15 is 0 Å². The van der Waals surface area contributed by atoms with Gasteiger partial charge in [-0.2, -0.15) is 0 Å². The van der Waals surface area contributed by atoms with Crippen LogP contribution in [0.25, 0.3) is 0 Å². The fraction of sp³-hybridized carbons (Fsp3) is 0.632. The first kappa shape index (κ1) is 17.0. The SMILES string of the molecule is CC[C@@]1(CO)C[C@@H]2CC[C@H]1N2C(=O)Cc1cc2c(cc1Cl)OCCO2. The molecule has 0 unspecified atom stereocenters. The molecule has 1 aromatic rings. The quantitative estimate of drug-likeness (QED) is 0.891. The molecule has 2 saturated heterocycles. The molecule has 0 spiro atoms. The molecule has 1 N–H and O–H groups in total. The van der Waals surface area contributed by atoms with Crippen molar-refractivity contribution in [3.63, 3.8) is 0 Å². The molecule has 6 heteroatoms. The number of rotatable bonds is 4. The minimum absolute atomic E-state index is 0.0925. The molecule has 2 fully saturated rings. The maximum atomic E-state index is 13.0. The van der Waals surface area contributed by atoms with Crippen molar-refractivity contribution in [3.8, 4) is 11.5 Å². The largest absolute Gasteiger partial charge is 0.486 e. The van der Waals surface area contributed by atoms with Crippen LogP contribution in [0.15, 0.2) is 12.1 Å². The fourth-order valence-corrected chi connectivity index (χ4v) is 5.05. The Morgan fingerprint density at radius 2 is 2.04 bits per heavy atom. The van der Waals surface area contributed by atoms with E-state index in [1.54, 1.807) is 6.07 Å². The highest BCUT2D eigenvalue weighted by Gasteiger charge is 2.56. The van der Waals surface area contributed by atoms with Crippen LogP contribution in [0.1, 0.15) is 38.2 Å². The van der Waals surface area contributed by atoms with E-state index in [2.05, 4.69) is 6.92 Å². The summed E-state index contributed by atoms with van der Waals surface area (Å²) in [6.45, 7) is 3.28. The molecule has 25 heavy (non-hydrogen) atoms. The van der Waals surface area contributed by atoms with E-state index in [0.717, 1.165) is 31.2 Å². The van der Waals surface area contributed by atoms with Crippen LogP contribution >= 0.6 is 11.6 Å². The molecule has 3 aliphatic heterocycles. The summed E-state index contributed by atoms with van der Waals surface area (Å²) in [6, 6.07) is 3.96. The van der Waals surface area contributed by atoms with Gasteiger partial charge in [-0.3, -0.25) is 4.79 Å². The molecule has 3 heterocycles. The number of aliphatic hydroxyl groups excluding tert-OH is 1. The maximum absolute atomic E-state index is 13.0. The third-order valence-corrected chi connectivity index (χ3v) is 6.56. The molecule has 0 radical (unpaired) electrons. The number of carbonyl (C=O) groups is 1. The number of aliphatic hydroxyl groups is 1. The normalized spacial score (nSPS) is 30.0. The van der Waals surface area contributed by atoms with Crippen molar-refractivity contribution in [2.45, 2.75) is 51.1 Å². The minimum Gasteiger partial charge on any atom is -0.486 e. The summed E-state index contributed by atoms with van der Waals surface area (Å²) in [5.74, 6) is 1.38. The number of halogens is 1. The molecule has 0 aliphatic carbocycles. The number of carbonyl (C=O) groups excluding carboxylic acids is 1. The van der Waals surface area contributed by atoms with Gasteiger partial charge in [0.05, 0.1) is 13.0 Å². The second-order valence-electron chi connectivity index (χ2n) is 7.39. The molecule has 5 nitrogen and oxygen atoms in total. The van der Waals surface area contributed by atoms with Crippen molar-refractivity contribution in [1.82, 2.24) is 4.90 Å². The number of hydrogen-bond acceptors (Lipinski definition) is 4. The monoisotopic (exact) mass is 365 g/mol. The predicted octanol–water partition coefficient (Wildman–Crippen LogP) is 2.81. The Kier molecular flexibility index (Phi) is 4.32. The van der Waals surface area contributed by atoms with E-state index in [1.165, 1.54) is 0 Å². The van der Waals surface area contributed by atoms with Crippen molar-refractivity contribution >= 4 is 17.5 Å².